The second kappa shape index (κ2) is 2.74. The summed E-state index contributed by atoms with van der Waals surface area (Å²) in [5.74, 6) is -1.06. The molecule has 0 spiro atoms. The summed E-state index contributed by atoms with van der Waals surface area (Å²) in [6.45, 7) is 0. The molecule has 0 fully saturated rings. The SMILES string of the molecule is CN[s+]1cnc(C(F)(F)F)n1. The van der Waals surface area contributed by atoms with Gasteiger partial charge < -0.3 is 0 Å². The molecular formula is C4H5F3N3S+. The summed E-state index contributed by atoms with van der Waals surface area (Å²) in [4.78, 5) is 3.11. The van der Waals surface area contributed by atoms with Gasteiger partial charge in [-0.15, -0.1) is 0 Å². The van der Waals surface area contributed by atoms with Crippen LogP contribution in [0, 0.1) is 0 Å². The lowest BCUT2D eigenvalue weighted by Crippen LogP contribution is -2.07. The van der Waals surface area contributed by atoms with Crippen molar-refractivity contribution in [2.75, 3.05) is 11.8 Å². The molecule has 0 saturated heterocycles. The summed E-state index contributed by atoms with van der Waals surface area (Å²) in [7, 11) is 0.641. The van der Waals surface area contributed by atoms with Gasteiger partial charge in [0.1, 0.15) is 0 Å². The third-order valence-corrected chi connectivity index (χ3v) is 2.02. The number of rotatable bonds is 1. The maximum Gasteiger partial charge on any atom is 0.456 e. The van der Waals surface area contributed by atoms with Gasteiger partial charge in [0.05, 0.1) is 0 Å². The van der Waals surface area contributed by atoms with Crippen molar-refractivity contribution in [3.05, 3.63) is 11.3 Å². The Hall–Kier alpha value is -0.690. The molecule has 0 amide bonds. The number of aromatic nitrogens is 2. The third kappa shape index (κ3) is 1.87. The van der Waals surface area contributed by atoms with Gasteiger partial charge in [0.2, 0.25) is 10.9 Å². The predicted molar refractivity (Wildman–Crippen MR) is 34.8 cm³/mol. The van der Waals surface area contributed by atoms with Gasteiger partial charge in [-0.1, -0.05) is 4.72 Å². The number of alkyl halides is 3. The molecule has 1 rings (SSSR count). The quantitative estimate of drug-likeness (QED) is 0.670. The van der Waals surface area contributed by atoms with Crippen LogP contribution in [0.15, 0.2) is 5.51 Å². The van der Waals surface area contributed by atoms with Crippen molar-refractivity contribution >= 4 is 10.9 Å². The molecule has 1 heterocycles. The van der Waals surface area contributed by atoms with E-state index in [1.54, 1.807) is 0 Å². The standard InChI is InChI=1S/C4H4F3N3S/c1-8-11-2-9-3(10-11)4(5,6)7/h2H,1H3/p+1. The summed E-state index contributed by atoms with van der Waals surface area (Å²) in [6, 6.07) is 0. The first-order valence-electron chi connectivity index (χ1n) is 2.64. The molecule has 1 atom stereocenters. The Kier molecular flexibility index (Phi) is 2.10. The van der Waals surface area contributed by atoms with Gasteiger partial charge in [-0.05, 0) is 0 Å². The first-order chi connectivity index (χ1) is 5.04. The van der Waals surface area contributed by atoms with E-state index in [4.69, 9.17) is 0 Å². The minimum absolute atomic E-state index is 0.885. The van der Waals surface area contributed by atoms with E-state index in [0.717, 1.165) is 5.51 Å². The highest BCUT2D eigenvalue weighted by molar-refractivity contribution is 7.26. The van der Waals surface area contributed by atoms with Crippen molar-refractivity contribution < 1.29 is 13.2 Å². The van der Waals surface area contributed by atoms with E-state index in [-0.39, 0.29) is 0 Å². The Morgan fingerprint density at radius 3 is 2.45 bits per heavy atom. The molecule has 62 valence electrons. The molecule has 0 aliphatic carbocycles. The fraction of sp³-hybridized carbons (Fsp3) is 0.500. The zero-order valence-electron chi connectivity index (χ0n) is 5.51. The molecular weight excluding hydrogens is 179 g/mol. The molecule has 0 aromatic carbocycles. The molecule has 0 aliphatic rings. The van der Waals surface area contributed by atoms with E-state index in [1.807, 2.05) is 0 Å². The lowest BCUT2D eigenvalue weighted by Gasteiger charge is -1.94. The number of nitrogens with one attached hydrogen (secondary N) is 1. The number of hydrogen-bond donors (Lipinski definition) is 1. The zero-order valence-corrected chi connectivity index (χ0v) is 6.33. The van der Waals surface area contributed by atoms with E-state index in [0.29, 0.717) is 0 Å². The average molecular weight is 184 g/mol. The van der Waals surface area contributed by atoms with E-state index in [9.17, 15) is 13.2 Å². The molecule has 0 bridgehead atoms. The fourth-order valence-corrected chi connectivity index (χ4v) is 1.24. The molecule has 0 radical (unpaired) electrons. The molecule has 7 heteroatoms. The Bertz CT molecular complexity index is 243. The smallest absolute Gasteiger partial charge is 0.172 e. The van der Waals surface area contributed by atoms with Crippen molar-refractivity contribution in [1.29, 1.82) is 0 Å². The van der Waals surface area contributed by atoms with Crippen LogP contribution in [0.1, 0.15) is 5.82 Å². The highest BCUT2D eigenvalue weighted by Gasteiger charge is 2.38. The Morgan fingerprint density at radius 2 is 2.18 bits per heavy atom. The lowest BCUT2D eigenvalue weighted by molar-refractivity contribution is -0.144. The van der Waals surface area contributed by atoms with Gasteiger partial charge >= 0.3 is 6.18 Å². The zero-order chi connectivity index (χ0) is 8.48. The minimum atomic E-state index is -4.42. The van der Waals surface area contributed by atoms with E-state index < -0.39 is 22.9 Å². The average Bonchev–Trinajstić information content (AvgIpc) is 2.32. The Morgan fingerprint density at radius 1 is 1.55 bits per heavy atom. The number of hydrogen-bond acceptors (Lipinski definition) is 3. The minimum Gasteiger partial charge on any atom is -0.172 e. The van der Waals surface area contributed by atoms with Gasteiger partial charge in [-0.3, -0.25) is 0 Å². The monoisotopic (exact) mass is 184 g/mol. The second-order valence-corrected chi connectivity index (χ2v) is 3.10. The van der Waals surface area contributed by atoms with E-state index in [1.165, 1.54) is 7.05 Å². The van der Waals surface area contributed by atoms with Crippen LogP contribution in [0.5, 0.6) is 0 Å². The molecule has 3 nitrogen and oxygen atoms in total. The normalized spacial score (nSPS) is 13.6. The van der Waals surface area contributed by atoms with Crippen molar-refractivity contribution in [2.24, 2.45) is 0 Å². The van der Waals surface area contributed by atoms with Crippen molar-refractivity contribution in [1.82, 2.24) is 9.36 Å². The van der Waals surface area contributed by atoms with Crippen LogP contribution in [0.3, 0.4) is 0 Å². The van der Waals surface area contributed by atoms with Crippen molar-refractivity contribution in [3.8, 4) is 0 Å². The predicted octanol–water partition coefficient (Wildman–Crippen LogP) is 1.42. The third-order valence-electron chi connectivity index (χ3n) is 0.922. The molecule has 11 heavy (non-hydrogen) atoms. The molecule has 1 aromatic rings. The molecule has 0 saturated carbocycles. The van der Waals surface area contributed by atoms with Crippen LogP contribution in [-0.4, -0.2) is 16.4 Å². The van der Waals surface area contributed by atoms with Gasteiger partial charge in [0, 0.05) is 11.4 Å². The maximum atomic E-state index is 11.8. The molecule has 1 N–H and O–H groups in total. The highest BCUT2D eigenvalue weighted by Crippen LogP contribution is 2.27. The van der Waals surface area contributed by atoms with Gasteiger partial charge in [0.25, 0.3) is 11.3 Å². The summed E-state index contributed by atoms with van der Waals surface area (Å²) in [5.41, 5.74) is 1.14. The number of halogens is 3. The second-order valence-electron chi connectivity index (χ2n) is 1.67. The first-order valence-corrected chi connectivity index (χ1v) is 3.89. The van der Waals surface area contributed by atoms with E-state index in [2.05, 4.69) is 14.1 Å². The van der Waals surface area contributed by atoms with Crippen LogP contribution < -0.4 is 4.72 Å². The topological polar surface area (TPSA) is 37.8 Å². The fourth-order valence-electron chi connectivity index (χ4n) is 0.463. The maximum absolute atomic E-state index is 11.8. The molecule has 1 unspecified atom stereocenters. The summed E-state index contributed by atoms with van der Waals surface area (Å²) in [5, 5.41) is 0. The van der Waals surface area contributed by atoms with Crippen LogP contribution in [0.25, 0.3) is 0 Å². The number of nitrogens with zero attached hydrogens (tertiary/aromatic N) is 2. The van der Waals surface area contributed by atoms with Gasteiger partial charge in [-0.25, -0.2) is 0 Å². The lowest BCUT2D eigenvalue weighted by atomic mass is 10.6. The van der Waals surface area contributed by atoms with Crippen molar-refractivity contribution in [3.63, 3.8) is 0 Å². The summed E-state index contributed by atoms with van der Waals surface area (Å²) >= 11 is 0. The Balaban J connectivity index is 2.89. The van der Waals surface area contributed by atoms with Gasteiger partial charge in [0.15, 0.2) is 0 Å². The van der Waals surface area contributed by atoms with Crippen LogP contribution in [0.4, 0.5) is 13.2 Å². The van der Waals surface area contributed by atoms with Crippen LogP contribution in [-0.2, 0) is 6.18 Å². The largest absolute Gasteiger partial charge is 0.456 e. The molecule has 1 aromatic heterocycles. The summed E-state index contributed by atoms with van der Waals surface area (Å²) in [6.07, 6.45) is -4.42. The summed E-state index contributed by atoms with van der Waals surface area (Å²) < 4.78 is 41.2. The van der Waals surface area contributed by atoms with Crippen LogP contribution in [0.2, 0.25) is 0 Å². The van der Waals surface area contributed by atoms with E-state index >= 15 is 0 Å². The first kappa shape index (κ1) is 8.41. The van der Waals surface area contributed by atoms with Crippen LogP contribution >= 0.6 is 10.9 Å². The van der Waals surface area contributed by atoms with Gasteiger partial charge in [-0.2, -0.15) is 18.2 Å². The Labute approximate surface area is 63.5 Å². The highest BCUT2D eigenvalue weighted by atomic mass is 32.2. The van der Waals surface area contributed by atoms with Crippen molar-refractivity contribution in [2.45, 2.75) is 6.18 Å². The molecule has 0 aliphatic heterocycles.